The van der Waals surface area contributed by atoms with Gasteiger partial charge in [-0.1, -0.05) is 0 Å². The third kappa shape index (κ3) is 4.15. The summed E-state index contributed by atoms with van der Waals surface area (Å²) < 4.78 is 5.04. The van der Waals surface area contributed by atoms with Crippen LogP contribution in [0.3, 0.4) is 0 Å². The summed E-state index contributed by atoms with van der Waals surface area (Å²) in [6.45, 7) is 6.86. The number of carbonyl (C=O) groups excluding carboxylic acids is 1. The van der Waals surface area contributed by atoms with E-state index < -0.39 is 0 Å². The summed E-state index contributed by atoms with van der Waals surface area (Å²) in [5.74, 6) is 0.0317. The molecule has 0 aromatic carbocycles. The van der Waals surface area contributed by atoms with E-state index in [1.165, 1.54) is 0 Å². The van der Waals surface area contributed by atoms with E-state index in [2.05, 4.69) is 16.0 Å². The number of nitrogens with one attached hydrogen (secondary N) is 3. The van der Waals surface area contributed by atoms with Crippen molar-refractivity contribution in [3.05, 3.63) is 0 Å². The Kier molecular flexibility index (Phi) is 4.50. The predicted molar refractivity (Wildman–Crippen MR) is 58.8 cm³/mol. The number of ether oxygens (including phenoxy) is 1. The first kappa shape index (κ1) is 12.4. The summed E-state index contributed by atoms with van der Waals surface area (Å²) in [5.41, 5.74) is -0.315. The maximum absolute atomic E-state index is 11.8. The number of amides is 1. The molecule has 5 heteroatoms. The van der Waals surface area contributed by atoms with Gasteiger partial charge in [-0.2, -0.15) is 0 Å². The van der Waals surface area contributed by atoms with Crippen molar-refractivity contribution in [2.24, 2.45) is 0 Å². The van der Waals surface area contributed by atoms with Gasteiger partial charge in [-0.3, -0.25) is 4.79 Å². The zero-order chi connectivity index (χ0) is 11.3. The molecule has 1 aliphatic rings. The van der Waals surface area contributed by atoms with Crippen molar-refractivity contribution < 1.29 is 9.53 Å². The third-order valence-electron chi connectivity index (χ3n) is 2.32. The molecule has 0 radical (unpaired) electrons. The van der Waals surface area contributed by atoms with Crippen molar-refractivity contribution >= 4 is 5.91 Å². The molecule has 88 valence electrons. The van der Waals surface area contributed by atoms with Crippen molar-refractivity contribution in [3.8, 4) is 0 Å². The van der Waals surface area contributed by atoms with E-state index in [9.17, 15) is 4.79 Å². The van der Waals surface area contributed by atoms with Crippen molar-refractivity contribution in [3.63, 3.8) is 0 Å². The first-order valence-corrected chi connectivity index (χ1v) is 5.30. The van der Waals surface area contributed by atoms with E-state index in [4.69, 9.17) is 4.74 Å². The van der Waals surface area contributed by atoms with Crippen LogP contribution in [-0.4, -0.2) is 50.8 Å². The van der Waals surface area contributed by atoms with Gasteiger partial charge in [0.2, 0.25) is 5.91 Å². The van der Waals surface area contributed by atoms with Gasteiger partial charge in [0, 0.05) is 26.7 Å². The van der Waals surface area contributed by atoms with Crippen molar-refractivity contribution in [1.82, 2.24) is 16.0 Å². The summed E-state index contributed by atoms with van der Waals surface area (Å²) in [6, 6.07) is -0.130. The van der Waals surface area contributed by atoms with Crippen LogP contribution in [0, 0.1) is 0 Å². The molecule has 5 nitrogen and oxygen atoms in total. The largest absolute Gasteiger partial charge is 0.382 e. The number of piperazine rings is 1. The molecule has 0 aromatic heterocycles. The van der Waals surface area contributed by atoms with Gasteiger partial charge < -0.3 is 20.7 Å². The molecule has 1 unspecified atom stereocenters. The second-order valence-corrected chi connectivity index (χ2v) is 4.52. The lowest BCUT2D eigenvalue weighted by Gasteiger charge is -2.30. The van der Waals surface area contributed by atoms with E-state index in [0.29, 0.717) is 13.2 Å². The lowest BCUT2D eigenvalue weighted by Crippen LogP contribution is -2.59. The summed E-state index contributed by atoms with van der Waals surface area (Å²) in [4.78, 5) is 11.8. The van der Waals surface area contributed by atoms with E-state index in [1.807, 2.05) is 13.8 Å². The Morgan fingerprint density at radius 2 is 2.27 bits per heavy atom. The van der Waals surface area contributed by atoms with Crippen LogP contribution in [-0.2, 0) is 9.53 Å². The molecule has 0 bridgehead atoms. The van der Waals surface area contributed by atoms with E-state index in [-0.39, 0.29) is 17.5 Å². The number of hydrogen-bond acceptors (Lipinski definition) is 4. The lowest BCUT2D eigenvalue weighted by atomic mass is 10.1. The molecule has 15 heavy (non-hydrogen) atoms. The molecule has 1 aliphatic heterocycles. The first-order valence-electron chi connectivity index (χ1n) is 5.30. The summed E-state index contributed by atoms with van der Waals surface area (Å²) in [6.07, 6.45) is 0. The maximum atomic E-state index is 11.8. The van der Waals surface area contributed by atoms with Crippen molar-refractivity contribution in [2.45, 2.75) is 25.4 Å². The van der Waals surface area contributed by atoms with Crippen LogP contribution in [0.25, 0.3) is 0 Å². The molecule has 1 rings (SSSR count). The van der Waals surface area contributed by atoms with Crippen LogP contribution in [0.15, 0.2) is 0 Å². The zero-order valence-corrected chi connectivity index (χ0v) is 9.72. The molecule has 1 atom stereocenters. The van der Waals surface area contributed by atoms with E-state index in [1.54, 1.807) is 7.11 Å². The van der Waals surface area contributed by atoms with Gasteiger partial charge in [-0.25, -0.2) is 0 Å². The van der Waals surface area contributed by atoms with Gasteiger partial charge in [0.1, 0.15) is 0 Å². The Morgan fingerprint density at radius 1 is 1.53 bits per heavy atom. The quantitative estimate of drug-likeness (QED) is 0.568. The van der Waals surface area contributed by atoms with Gasteiger partial charge >= 0.3 is 0 Å². The molecule has 0 aromatic rings. The minimum Gasteiger partial charge on any atom is -0.382 e. The van der Waals surface area contributed by atoms with Crippen LogP contribution in [0.2, 0.25) is 0 Å². The van der Waals surface area contributed by atoms with Gasteiger partial charge in [0.05, 0.1) is 18.2 Å². The Labute approximate surface area is 90.9 Å². The molecule has 3 N–H and O–H groups in total. The van der Waals surface area contributed by atoms with Gasteiger partial charge in [0.25, 0.3) is 0 Å². The Bertz CT molecular complexity index is 213. The second-order valence-electron chi connectivity index (χ2n) is 4.52. The monoisotopic (exact) mass is 215 g/mol. The van der Waals surface area contributed by atoms with Crippen molar-refractivity contribution in [1.29, 1.82) is 0 Å². The van der Waals surface area contributed by atoms with Crippen molar-refractivity contribution in [2.75, 3.05) is 33.4 Å². The normalized spacial score (nSPS) is 22.5. The van der Waals surface area contributed by atoms with Crippen LogP contribution < -0.4 is 16.0 Å². The number of carbonyl (C=O) groups is 1. The fourth-order valence-electron chi connectivity index (χ4n) is 1.66. The zero-order valence-electron chi connectivity index (χ0n) is 9.72. The van der Waals surface area contributed by atoms with Gasteiger partial charge in [-0.05, 0) is 13.8 Å². The average molecular weight is 215 g/mol. The Hall–Kier alpha value is -0.650. The number of methoxy groups -OCH3 is 1. The molecule has 1 saturated heterocycles. The Morgan fingerprint density at radius 3 is 2.80 bits per heavy atom. The standard InChI is InChI=1S/C10H21N3O2/c1-10(2,7-15-3)13-9(14)8-6-11-4-5-12-8/h8,11-12H,4-7H2,1-3H3,(H,13,14). The minimum atomic E-state index is -0.315. The fourth-order valence-corrected chi connectivity index (χ4v) is 1.66. The van der Waals surface area contributed by atoms with Crippen LogP contribution in [0.4, 0.5) is 0 Å². The molecule has 1 fully saturated rings. The maximum Gasteiger partial charge on any atom is 0.238 e. The topological polar surface area (TPSA) is 62.4 Å². The SMILES string of the molecule is COCC(C)(C)NC(=O)C1CNCCN1. The highest BCUT2D eigenvalue weighted by molar-refractivity contribution is 5.82. The third-order valence-corrected chi connectivity index (χ3v) is 2.32. The highest BCUT2D eigenvalue weighted by Crippen LogP contribution is 2.03. The minimum absolute atomic E-state index is 0.0317. The molecule has 1 amide bonds. The molecule has 0 spiro atoms. The molecule has 0 saturated carbocycles. The summed E-state index contributed by atoms with van der Waals surface area (Å²) >= 11 is 0. The second kappa shape index (κ2) is 5.44. The number of rotatable bonds is 4. The van der Waals surface area contributed by atoms with Crippen LogP contribution in [0.5, 0.6) is 0 Å². The number of hydrogen-bond donors (Lipinski definition) is 3. The highest BCUT2D eigenvalue weighted by Gasteiger charge is 2.26. The molecule has 1 heterocycles. The Balaban J connectivity index is 2.39. The van der Waals surface area contributed by atoms with Crippen LogP contribution >= 0.6 is 0 Å². The van der Waals surface area contributed by atoms with Gasteiger partial charge in [0.15, 0.2) is 0 Å². The summed E-state index contributed by atoms with van der Waals surface area (Å²) in [5, 5.41) is 9.31. The fraction of sp³-hybridized carbons (Fsp3) is 0.900. The van der Waals surface area contributed by atoms with E-state index in [0.717, 1.165) is 13.1 Å². The smallest absolute Gasteiger partial charge is 0.238 e. The van der Waals surface area contributed by atoms with Gasteiger partial charge in [-0.15, -0.1) is 0 Å². The first-order chi connectivity index (χ1) is 7.05. The van der Waals surface area contributed by atoms with Crippen LogP contribution in [0.1, 0.15) is 13.8 Å². The highest BCUT2D eigenvalue weighted by atomic mass is 16.5. The summed E-state index contributed by atoms with van der Waals surface area (Å²) in [7, 11) is 1.63. The van der Waals surface area contributed by atoms with E-state index >= 15 is 0 Å². The molecular weight excluding hydrogens is 194 g/mol. The molecular formula is C10H21N3O2. The predicted octanol–water partition coefficient (Wildman–Crippen LogP) is -0.911. The lowest BCUT2D eigenvalue weighted by molar-refractivity contribution is -0.125. The average Bonchev–Trinajstić information content (AvgIpc) is 2.18. The molecule has 0 aliphatic carbocycles.